The summed E-state index contributed by atoms with van der Waals surface area (Å²) in [5.41, 5.74) is 0.821. The molecule has 0 aliphatic heterocycles. The van der Waals surface area contributed by atoms with E-state index in [9.17, 15) is 4.79 Å². The van der Waals surface area contributed by atoms with Crippen LogP contribution >= 0.6 is 0 Å². The number of carbonyl (C=O) groups is 1. The minimum absolute atomic E-state index is 0.0453. The van der Waals surface area contributed by atoms with Crippen LogP contribution < -0.4 is 10.1 Å². The number of hydrogen-bond donors (Lipinski definition) is 1. The molecule has 29 heavy (non-hydrogen) atoms. The number of aromatic nitrogens is 5. The van der Waals surface area contributed by atoms with Crippen molar-refractivity contribution in [3.05, 3.63) is 42.3 Å². The fourth-order valence-corrected chi connectivity index (χ4v) is 3.01. The van der Waals surface area contributed by atoms with Gasteiger partial charge in [0.25, 0.3) is 0 Å². The van der Waals surface area contributed by atoms with Crippen molar-refractivity contribution in [1.82, 2.24) is 30.2 Å². The Hall–Kier alpha value is -3.23. The van der Waals surface area contributed by atoms with E-state index in [0.717, 1.165) is 30.1 Å². The maximum Gasteiger partial charge on any atom is 0.226 e. The van der Waals surface area contributed by atoms with Crippen LogP contribution in [0.25, 0.3) is 11.4 Å². The van der Waals surface area contributed by atoms with E-state index >= 15 is 0 Å². The van der Waals surface area contributed by atoms with Gasteiger partial charge in [-0.05, 0) is 31.9 Å². The summed E-state index contributed by atoms with van der Waals surface area (Å²) in [6.07, 6.45) is 3.98. The summed E-state index contributed by atoms with van der Waals surface area (Å²) >= 11 is 0. The van der Waals surface area contributed by atoms with Gasteiger partial charge < -0.3 is 14.6 Å². The Labute approximate surface area is 169 Å². The van der Waals surface area contributed by atoms with Crippen molar-refractivity contribution in [3.63, 3.8) is 0 Å². The molecular formula is C20H26N6O3. The summed E-state index contributed by atoms with van der Waals surface area (Å²) in [5, 5.41) is 11.2. The molecule has 0 bridgehead atoms. The van der Waals surface area contributed by atoms with Crippen LogP contribution in [0.2, 0.25) is 0 Å². The van der Waals surface area contributed by atoms with Gasteiger partial charge in [-0.1, -0.05) is 24.2 Å². The van der Waals surface area contributed by atoms with Crippen molar-refractivity contribution >= 4 is 5.91 Å². The van der Waals surface area contributed by atoms with Crippen molar-refractivity contribution in [2.24, 2.45) is 0 Å². The third-order valence-corrected chi connectivity index (χ3v) is 4.44. The van der Waals surface area contributed by atoms with Gasteiger partial charge in [-0.25, -0.2) is 9.67 Å². The molecule has 0 spiro atoms. The van der Waals surface area contributed by atoms with Gasteiger partial charge in [0.1, 0.15) is 17.9 Å². The number of nitrogens with zero attached hydrogens (tertiary/aromatic N) is 5. The van der Waals surface area contributed by atoms with Crippen LogP contribution in [0.1, 0.15) is 50.9 Å². The van der Waals surface area contributed by atoms with E-state index in [1.54, 1.807) is 7.11 Å². The average molecular weight is 398 g/mol. The molecule has 1 atom stereocenters. The Morgan fingerprint density at radius 1 is 1.38 bits per heavy atom. The molecule has 2 heterocycles. The van der Waals surface area contributed by atoms with Gasteiger partial charge in [0.2, 0.25) is 17.6 Å². The average Bonchev–Trinajstić information content (AvgIpc) is 3.38. The van der Waals surface area contributed by atoms with E-state index in [1.807, 2.05) is 35.9 Å². The Morgan fingerprint density at radius 3 is 3.03 bits per heavy atom. The molecule has 2 aromatic heterocycles. The molecule has 3 rings (SSSR count). The van der Waals surface area contributed by atoms with Crippen LogP contribution in [-0.4, -0.2) is 37.9 Å². The highest BCUT2D eigenvalue weighted by Crippen LogP contribution is 2.21. The Kier molecular flexibility index (Phi) is 6.94. The standard InChI is InChI=1S/C20H26N6O3/c1-4-11-26-20(21-13-22-26)14(2)23-17(27)9-6-10-18-24-19(25-29-18)15-7-5-8-16(12-15)28-3/h5,7-8,12-14H,4,6,9-11H2,1-3H3,(H,23,27). The maximum atomic E-state index is 12.3. The van der Waals surface area contributed by atoms with Crippen LogP contribution in [0.3, 0.4) is 0 Å². The number of carbonyl (C=O) groups excluding carboxylic acids is 1. The normalized spacial score (nSPS) is 12.0. The number of amides is 1. The molecule has 9 nitrogen and oxygen atoms in total. The topological polar surface area (TPSA) is 108 Å². The van der Waals surface area contributed by atoms with Gasteiger partial charge in [0, 0.05) is 24.9 Å². The first kappa shape index (κ1) is 20.5. The minimum Gasteiger partial charge on any atom is -0.497 e. The number of rotatable bonds is 10. The van der Waals surface area contributed by atoms with Gasteiger partial charge in [-0.3, -0.25) is 4.79 Å². The predicted octanol–water partition coefficient (Wildman–Crippen LogP) is 2.95. The Bertz CT molecular complexity index is 936. The first-order chi connectivity index (χ1) is 14.1. The smallest absolute Gasteiger partial charge is 0.226 e. The summed E-state index contributed by atoms with van der Waals surface area (Å²) in [4.78, 5) is 20.9. The van der Waals surface area contributed by atoms with Crippen LogP contribution in [0.5, 0.6) is 5.75 Å². The molecule has 0 aliphatic carbocycles. The van der Waals surface area contributed by atoms with Gasteiger partial charge in [0.05, 0.1) is 13.2 Å². The molecule has 1 N–H and O–H groups in total. The first-order valence-electron chi connectivity index (χ1n) is 9.74. The lowest BCUT2D eigenvalue weighted by Crippen LogP contribution is -2.28. The molecule has 0 saturated heterocycles. The van der Waals surface area contributed by atoms with Crippen molar-refractivity contribution in [2.75, 3.05) is 7.11 Å². The highest BCUT2D eigenvalue weighted by molar-refractivity contribution is 5.76. The third kappa shape index (κ3) is 5.40. The van der Waals surface area contributed by atoms with E-state index in [1.165, 1.54) is 6.33 Å². The molecule has 154 valence electrons. The molecule has 9 heteroatoms. The van der Waals surface area contributed by atoms with Crippen LogP contribution in [0.15, 0.2) is 35.1 Å². The highest BCUT2D eigenvalue weighted by Gasteiger charge is 2.16. The third-order valence-electron chi connectivity index (χ3n) is 4.44. The SMILES string of the molecule is CCCn1ncnc1C(C)NC(=O)CCCc1nc(-c2cccc(OC)c2)no1. The van der Waals surface area contributed by atoms with Gasteiger partial charge >= 0.3 is 0 Å². The number of methoxy groups -OCH3 is 1. The summed E-state index contributed by atoms with van der Waals surface area (Å²) in [7, 11) is 1.61. The zero-order valence-electron chi connectivity index (χ0n) is 17.0. The minimum atomic E-state index is -0.195. The van der Waals surface area contributed by atoms with Crippen molar-refractivity contribution in [2.45, 2.75) is 52.1 Å². The molecule has 0 radical (unpaired) electrons. The fraction of sp³-hybridized carbons (Fsp3) is 0.450. The molecular weight excluding hydrogens is 372 g/mol. The fourth-order valence-electron chi connectivity index (χ4n) is 3.01. The highest BCUT2D eigenvalue weighted by atomic mass is 16.5. The largest absolute Gasteiger partial charge is 0.497 e. The molecule has 0 fully saturated rings. The van der Waals surface area contributed by atoms with Crippen molar-refractivity contribution < 1.29 is 14.1 Å². The van der Waals surface area contributed by atoms with E-state index < -0.39 is 0 Å². The second-order valence-electron chi connectivity index (χ2n) is 6.73. The summed E-state index contributed by atoms with van der Waals surface area (Å²) < 4.78 is 12.3. The van der Waals surface area contributed by atoms with Crippen LogP contribution in [0, 0.1) is 0 Å². The summed E-state index contributed by atoms with van der Waals surface area (Å²) in [6.45, 7) is 4.76. The lowest BCUT2D eigenvalue weighted by atomic mass is 10.2. The zero-order chi connectivity index (χ0) is 20.6. The molecule has 0 saturated carbocycles. The van der Waals surface area contributed by atoms with E-state index in [-0.39, 0.29) is 11.9 Å². The second-order valence-corrected chi connectivity index (χ2v) is 6.73. The lowest BCUT2D eigenvalue weighted by molar-refractivity contribution is -0.121. The molecule has 1 unspecified atom stereocenters. The summed E-state index contributed by atoms with van der Waals surface area (Å²) in [6, 6.07) is 7.27. The van der Waals surface area contributed by atoms with E-state index in [2.05, 4.69) is 32.5 Å². The lowest BCUT2D eigenvalue weighted by Gasteiger charge is -2.14. The van der Waals surface area contributed by atoms with Crippen molar-refractivity contribution in [1.29, 1.82) is 0 Å². The number of hydrogen-bond acceptors (Lipinski definition) is 7. The maximum absolute atomic E-state index is 12.3. The number of nitrogens with one attached hydrogen (secondary N) is 1. The monoisotopic (exact) mass is 398 g/mol. The Balaban J connectivity index is 1.48. The van der Waals surface area contributed by atoms with Gasteiger partial charge in [0.15, 0.2) is 0 Å². The van der Waals surface area contributed by atoms with Crippen LogP contribution in [-0.2, 0) is 17.8 Å². The number of benzene rings is 1. The van der Waals surface area contributed by atoms with Gasteiger partial charge in [-0.2, -0.15) is 10.1 Å². The first-order valence-corrected chi connectivity index (χ1v) is 9.74. The van der Waals surface area contributed by atoms with Crippen LogP contribution in [0.4, 0.5) is 0 Å². The predicted molar refractivity (Wildman–Crippen MR) is 106 cm³/mol. The molecule has 1 amide bonds. The van der Waals surface area contributed by atoms with Crippen molar-refractivity contribution in [3.8, 4) is 17.1 Å². The van der Waals surface area contributed by atoms with E-state index in [0.29, 0.717) is 31.0 Å². The van der Waals surface area contributed by atoms with Gasteiger partial charge in [-0.15, -0.1) is 0 Å². The molecule has 3 aromatic rings. The number of aryl methyl sites for hydroxylation is 2. The molecule has 1 aromatic carbocycles. The van der Waals surface area contributed by atoms with E-state index in [4.69, 9.17) is 9.26 Å². The summed E-state index contributed by atoms with van der Waals surface area (Å²) in [5.74, 6) is 2.46. The quantitative estimate of drug-likeness (QED) is 0.559. The zero-order valence-corrected chi connectivity index (χ0v) is 17.0. The Morgan fingerprint density at radius 2 is 2.24 bits per heavy atom. The molecule has 0 aliphatic rings. The second kappa shape index (κ2) is 9.81. The number of ether oxygens (including phenoxy) is 1.